The number of rotatable bonds is 7. The third-order valence-corrected chi connectivity index (χ3v) is 4.74. The van der Waals surface area contributed by atoms with Crippen molar-refractivity contribution in [2.75, 3.05) is 13.1 Å². The summed E-state index contributed by atoms with van der Waals surface area (Å²) in [5.74, 6) is -0.810. The van der Waals surface area contributed by atoms with Gasteiger partial charge >= 0.3 is 12.9 Å². The molecule has 0 unspecified atom stereocenters. The standard InChI is InChI=1S/C17H22BF2N3O2/c1-12-11-13(2)23-17(12)14(7-9-21-8-3-6-16(24)25)15-5-4-10-22(15)18(23,19)20/h4-5,10-11,21H,3,6-9H2,1-2H3,(H,24,25). The number of hydrogen-bond donors (Lipinski definition) is 2. The van der Waals surface area contributed by atoms with E-state index in [1.807, 2.05) is 6.92 Å². The first-order valence-corrected chi connectivity index (χ1v) is 8.51. The van der Waals surface area contributed by atoms with Crippen LogP contribution in [0.2, 0.25) is 0 Å². The zero-order chi connectivity index (χ0) is 18.2. The fraction of sp³-hybridized carbons (Fsp3) is 0.412. The molecule has 5 nitrogen and oxygen atoms in total. The number of carboxylic acid groups (broad SMARTS) is 1. The number of fused-ring (bicyclic) bond motifs is 2. The Morgan fingerprint density at radius 2 is 2.12 bits per heavy atom. The Morgan fingerprint density at radius 3 is 2.84 bits per heavy atom. The van der Waals surface area contributed by atoms with Crippen molar-refractivity contribution in [3.05, 3.63) is 40.9 Å². The first kappa shape index (κ1) is 17.6. The van der Waals surface area contributed by atoms with E-state index in [2.05, 4.69) is 5.32 Å². The van der Waals surface area contributed by atoms with Crippen LogP contribution in [0.4, 0.5) is 8.63 Å². The van der Waals surface area contributed by atoms with E-state index < -0.39 is 12.9 Å². The van der Waals surface area contributed by atoms with Gasteiger partial charge in [-0.25, -0.2) is 0 Å². The van der Waals surface area contributed by atoms with Crippen LogP contribution in [0, 0.1) is 13.8 Å². The molecule has 8 heteroatoms. The van der Waals surface area contributed by atoms with Crippen molar-refractivity contribution in [1.29, 1.82) is 0 Å². The normalized spacial score (nSPS) is 17.5. The second-order valence-corrected chi connectivity index (χ2v) is 6.55. The molecule has 1 aromatic rings. The van der Waals surface area contributed by atoms with Crippen molar-refractivity contribution in [2.24, 2.45) is 0 Å². The van der Waals surface area contributed by atoms with Gasteiger partial charge in [0, 0.05) is 29.8 Å². The molecule has 1 aromatic heterocycles. The largest absolute Gasteiger partial charge is 0.737 e. The SMILES string of the molecule is Cc1cc(C)n2c1C(CCNCCCC(=O)O)=C1C=CC=[N+]1[B-]2(F)F. The number of carbonyl (C=O) groups is 1. The van der Waals surface area contributed by atoms with Crippen LogP contribution in [0.5, 0.6) is 0 Å². The lowest BCUT2D eigenvalue weighted by Gasteiger charge is -2.32. The van der Waals surface area contributed by atoms with E-state index in [-0.39, 0.29) is 6.42 Å². The van der Waals surface area contributed by atoms with Crippen molar-refractivity contribution in [1.82, 2.24) is 9.79 Å². The van der Waals surface area contributed by atoms with Crippen LogP contribution in [0.1, 0.15) is 36.2 Å². The minimum Gasteiger partial charge on any atom is -0.481 e. The molecule has 0 bridgehead atoms. The van der Waals surface area contributed by atoms with Crippen molar-refractivity contribution in [3.8, 4) is 0 Å². The Labute approximate surface area is 145 Å². The summed E-state index contributed by atoms with van der Waals surface area (Å²) >= 11 is 0. The Kier molecular flexibility index (Phi) is 4.64. The van der Waals surface area contributed by atoms with E-state index in [4.69, 9.17) is 5.11 Å². The van der Waals surface area contributed by atoms with Crippen molar-refractivity contribution < 1.29 is 23.0 Å². The minimum absolute atomic E-state index is 0.127. The first-order chi connectivity index (χ1) is 11.8. The first-order valence-electron chi connectivity index (χ1n) is 8.51. The molecule has 0 aromatic carbocycles. The second kappa shape index (κ2) is 6.59. The van der Waals surface area contributed by atoms with Crippen LogP contribution >= 0.6 is 0 Å². The molecule has 0 amide bonds. The van der Waals surface area contributed by atoms with E-state index in [0.29, 0.717) is 43.0 Å². The van der Waals surface area contributed by atoms with Gasteiger partial charge in [-0.15, -0.1) is 0 Å². The van der Waals surface area contributed by atoms with Crippen LogP contribution in [-0.4, -0.2) is 46.3 Å². The number of allylic oxidation sites excluding steroid dienone is 2. The number of carboxylic acids is 1. The summed E-state index contributed by atoms with van der Waals surface area (Å²) in [6, 6.07) is 1.80. The van der Waals surface area contributed by atoms with Crippen molar-refractivity contribution >= 4 is 24.7 Å². The lowest BCUT2D eigenvalue weighted by atomic mass is 9.86. The van der Waals surface area contributed by atoms with Gasteiger partial charge in [0.1, 0.15) is 6.21 Å². The highest BCUT2D eigenvalue weighted by Crippen LogP contribution is 2.39. The number of aromatic nitrogens is 1. The Morgan fingerprint density at radius 1 is 1.36 bits per heavy atom. The van der Waals surface area contributed by atoms with Gasteiger partial charge in [0.05, 0.1) is 0 Å². The zero-order valence-corrected chi connectivity index (χ0v) is 14.4. The molecule has 3 heterocycles. The quantitative estimate of drug-likeness (QED) is 0.588. The molecule has 0 saturated carbocycles. The predicted molar refractivity (Wildman–Crippen MR) is 94.0 cm³/mol. The highest BCUT2D eigenvalue weighted by Gasteiger charge is 2.52. The van der Waals surface area contributed by atoms with Crippen LogP contribution in [0.15, 0.2) is 23.9 Å². The van der Waals surface area contributed by atoms with Crippen LogP contribution < -0.4 is 5.32 Å². The van der Waals surface area contributed by atoms with Gasteiger partial charge in [-0.1, -0.05) is 0 Å². The fourth-order valence-electron chi connectivity index (χ4n) is 3.72. The van der Waals surface area contributed by atoms with E-state index in [0.717, 1.165) is 15.6 Å². The van der Waals surface area contributed by atoms with Gasteiger partial charge in [-0.05, 0) is 57.1 Å². The van der Waals surface area contributed by atoms with Gasteiger partial charge < -0.3 is 28.0 Å². The molecule has 2 N–H and O–H groups in total. The smallest absolute Gasteiger partial charge is 0.481 e. The summed E-state index contributed by atoms with van der Waals surface area (Å²) in [5, 5.41) is 11.8. The minimum atomic E-state index is -3.87. The Bertz CT molecular complexity index is 809. The maximum absolute atomic E-state index is 14.9. The molecule has 0 spiro atoms. The Balaban J connectivity index is 1.82. The molecule has 0 aliphatic carbocycles. The molecule has 25 heavy (non-hydrogen) atoms. The summed E-state index contributed by atoms with van der Waals surface area (Å²) in [6.45, 7) is 0.914. The number of aryl methyl sites for hydroxylation is 2. The zero-order valence-electron chi connectivity index (χ0n) is 14.4. The average Bonchev–Trinajstić information content (AvgIpc) is 3.11. The van der Waals surface area contributed by atoms with Crippen LogP contribution in [0.3, 0.4) is 0 Å². The Hall–Kier alpha value is -2.22. The van der Waals surface area contributed by atoms with E-state index in [1.165, 1.54) is 10.7 Å². The highest BCUT2D eigenvalue weighted by atomic mass is 19.2. The van der Waals surface area contributed by atoms with Gasteiger partial charge in [-0.2, -0.15) is 0 Å². The second-order valence-electron chi connectivity index (χ2n) is 6.55. The maximum atomic E-state index is 14.9. The molecule has 134 valence electrons. The summed E-state index contributed by atoms with van der Waals surface area (Å²) in [6.07, 6.45) is 6.11. The van der Waals surface area contributed by atoms with E-state index in [9.17, 15) is 13.4 Å². The molecule has 3 rings (SSSR count). The molecule has 0 radical (unpaired) electrons. The van der Waals surface area contributed by atoms with Gasteiger partial charge in [-0.3, -0.25) is 4.79 Å². The van der Waals surface area contributed by atoms with E-state index in [1.54, 1.807) is 25.1 Å². The van der Waals surface area contributed by atoms with Gasteiger partial charge in [0.2, 0.25) is 0 Å². The van der Waals surface area contributed by atoms with E-state index >= 15 is 0 Å². The summed E-state index contributed by atoms with van der Waals surface area (Å²) in [7, 11) is 0. The lowest BCUT2D eigenvalue weighted by molar-refractivity contribution is -0.356. The number of nitrogens with one attached hydrogen (secondary N) is 1. The number of nitrogens with zero attached hydrogens (tertiary/aromatic N) is 2. The van der Waals surface area contributed by atoms with Crippen LogP contribution in [0.25, 0.3) is 5.57 Å². The number of hydrogen-bond acceptors (Lipinski definition) is 2. The maximum Gasteiger partial charge on any atom is 0.737 e. The summed E-state index contributed by atoms with van der Waals surface area (Å²) in [5.41, 5.74) is 3.48. The van der Waals surface area contributed by atoms with Crippen molar-refractivity contribution in [2.45, 2.75) is 33.1 Å². The molecule has 0 fully saturated rings. The molecule has 0 saturated heterocycles. The van der Waals surface area contributed by atoms with Gasteiger partial charge in [0.15, 0.2) is 5.70 Å². The monoisotopic (exact) mass is 349 g/mol. The summed E-state index contributed by atoms with van der Waals surface area (Å²) in [4.78, 5) is 10.5. The number of halogens is 2. The van der Waals surface area contributed by atoms with Crippen molar-refractivity contribution in [3.63, 3.8) is 0 Å². The molecule has 0 atom stereocenters. The lowest BCUT2D eigenvalue weighted by Crippen LogP contribution is -2.50. The summed E-state index contributed by atoms with van der Waals surface area (Å²) < 4.78 is 32.1. The van der Waals surface area contributed by atoms with Crippen LogP contribution in [-0.2, 0) is 4.79 Å². The highest BCUT2D eigenvalue weighted by molar-refractivity contribution is 6.57. The fourth-order valence-corrected chi connectivity index (χ4v) is 3.72. The molecule has 2 aliphatic heterocycles. The third-order valence-electron chi connectivity index (χ3n) is 4.74. The number of aliphatic carboxylic acids is 1. The average molecular weight is 349 g/mol. The molecule has 2 aliphatic rings. The van der Waals surface area contributed by atoms with Gasteiger partial charge in [0.25, 0.3) is 0 Å². The molecular weight excluding hydrogens is 327 g/mol. The topological polar surface area (TPSA) is 57.3 Å². The third kappa shape index (κ3) is 3.06. The molecular formula is C17H22BF2N3O2. The predicted octanol–water partition coefficient (Wildman–Crippen LogP) is 2.55.